The lowest BCUT2D eigenvalue weighted by molar-refractivity contribution is 0.300. The predicted molar refractivity (Wildman–Crippen MR) is 60.9 cm³/mol. The zero-order chi connectivity index (χ0) is 10.3. The Bertz CT molecular complexity index is 142. The van der Waals surface area contributed by atoms with Gasteiger partial charge in [0.05, 0.1) is 0 Å². The Morgan fingerprint density at radius 2 is 2.15 bits per heavy atom. The molecule has 0 rings (SSSR count). The van der Waals surface area contributed by atoms with E-state index in [1.165, 1.54) is 19.3 Å². The normalized spacial score (nSPS) is 17.8. The van der Waals surface area contributed by atoms with Crippen molar-refractivity contribution < 1.29 is 0 Å². The first-order valence-electron chi connectivity index (χ1n) is 5.36. The second-order valence-corrected chi connectivity index (χ2v) is 4.49. The van der Waals surface area contributed by atoms with Crippen molar-refractivity contribution in [3.05, 3.63) is 12.7 Å². The van der Waals surface area contributed by atoms with Crippen LogP contribution in [0.4, 0.5) is 0 Å². The molecule has 0 aliphatic rings. The van der Waals surface area contributed by atoms with Crippen molar-refractivity contribution >= 4 is 0 Å². The summed E-state index contributed by atoms with van der Waals surface area (Å²) in [5.74, 6) is 0.807. The van der Waals surface area contributed by atoms with E-state index in [9.17, 15) is 0 Å². The first-order chi connectivity index (χ1) is 6.08. The molecule has 0 radical (unpaired) electrons. The van der Waals surface area contributed by atoms with Crippen LogP contribution in [0.15, 0.2) is 12.7 Å². The maximum atomic E-state index is 3.92. The smallest absolute Gasteiger partial charge is 0.00368 e. The summed E-state index contributed by atoms with van der Waals surface area (Å²) in [6.45, 7) is 11.8. The largest absolute Gasteiger partial charge is 0.319 e. The highest BCUT2D eigenvalue weighted by Gasteiger charge is 2.21. The molecule has 0 aromatic heterocycles. The molecule has 0 bridgehead atoms. The SMILES string of the molecule is C=CC(C)(CNC)CC(C)CCC. The van der Waals surface area contributed by atoms with Gasteiger partial charge < -0.3 is 5.32 Å². The minimum Gasteiger partial charge on any atom is -0.319 e. The van der Waals surface area contributed by atoms with Gasteiger partial charge in [0.25, 0.3) is 0 Å². The van der Waals surface area contributed by atoms with Gasteiger partial charge in [-0.05, 0) is 24.8 Å². The van der Waals surface area contributed by atoms with E-state index in [4.69, 9.17) is 0 Å². The van der Waals surface area contributed by atoms with Crippen LogP contribution in [0.1, 0.15) is 40.0 Å². The van der Waals surface area contributed by atoms with Gasteiger partial charge in [-0.15, -0.1) is 6.58 Å². The average molecular weight is 183 g/mol. The van der Waals surface area contributed by atoms with Gasteiger partial charge in [0.15, 0.2) is 0 Å². The summed E-state index contributed by atoms with van der Waals surface area (Å²) >= 11 is 0. The summed E-state index contributed by atoms with van der Waals surface area (Å²) in [7, 11) is 2.01. The van der Waals surface area contributed by atoms with Gasteiger partial charge in [-0.3, -0.25) is 0 Å². The molecule has 0 spiro atoms. The van der Waals surface area contributed by atoms with Gasteiger partial charge in [0.2, 0.25) is 0 Å². The number of rotatable bonds is 7. The first kappa shape index (κ1) is 12.7. The highest BCUT2D eigenvalue weighted by atomic mass is 14.8. The average Bonchev–Trinajstić information content (AvgIpc) is 2.05. The van der Waals surface area contributed by atoms with E-state index in [-0.39, 0.29) is 5.41 Å². The highest BCUT2D eigenvalue weighted by molar-refractivity contribution is 4.93. The lowest BCUT2D eigenvalue weighted by atomic mass is 9.80. The fraction of sp³-hybridized carbons (Fsp3) is 0.833. The van der Waals surface area contributed by atoms with Crippen LogP contribution in [0, 0.1) is 11.3 Å². The van der Waals surface area contributed by atoms with E-state index in [0.717, 1.165) is 12.5 Å². The van der Waals surface area contributed by atoms with Crippen LogP contribution in [0.25, 0.3) is 0 Å². The lowest BCUT2D eigenvalue weighted by Crippen LogP contribution is -2.29. The second kappa shape index (κ2) is 6.20. The third-order valence-corrected chi connectivity index (χ3v) is 2.67. The van der Waals surface area contributed by atoms with Crippen molar-refractivity contribution in [2.45, 2.75) is 40.0 Å². The van der Waals surface area contributed by atoms with Crippen LogP contribution < -0.4 is 5.32 Å². The van der Waals surface area contributed by atoms with Crippen LogP contribution in [0.3, 0.4) is 0 Å². The summed E-state index contributed by atoms with van der Waals surface area (Å²) < 4.78 is 0. The van der Waals surface area contributed by atoms with Crippen molar-refractivity contribution in [2.75, 3.05) is 13.6 Å². The van der Waals surface area contributed by atoms with Gasteiger partial charge in [-0.25, -0.2) is 0 Å². The van der Waals surface area contributed by atoms with Gasteiger partial charge in [-0.1, -0.05) is 39.7 Å². The fourth-order valence-electron chi connectivity index (χ4n) is 2.02. The molecule has 78 valence electrons. The molecule has 0 aliphatic heterocycles. The molecule has 0 saturated heterocycles. The molecule has 1 heteroatoms. The molecule has 2 atom stereocenters. The quantitative estimate of drug-likeness (QED) is 0.598. The molecule has 0 aliphatic carbocycles. The Kier molecular flexibility index (Phi) is 6.06. The second-order valence-electron chi connectivity index (χ2n) is 4.49. The fourth-order valence-corrected chi connectivity index (χ4v) is 2.02. The topological polar surface area (TPSA) is 12.0 Å². The first-order valence-corrected chi connectivity index (χ1v) is 5.36. The van der Waals surface area contributed by atoms with E-state index >= 15 is 0 Å². The minimum absolute atomic E-state index is 0.267. The van der Waals surface area contributed by atoms with Crippen molar-refractivity contribution in [3.63, 3.8) is 0 Å². The van der Waals surface area contributed by atoms with Gasteiger partial charge in [-0.2, -0.15) is 0 Å². The highest BCUT2D eigenvalue weighted by Crippen LogP contribution is 2.28. The molecule has 0 aromatic rings. The van der Waals surface area contributed by atoms with Crippen molar-refractivity contribution in [1.82, 2.24) is 5.32 Å². The minimum atomic E-state index is 0.267. The molecule has 13 heavy (non-hydrogen) atoms. The van der Waals surface area contributed by atoms with Crippen LogP contribution >= 0.6 is 0 Å². The van der Waals surface area contributed by atoms with Gasteiger partial charge >= 0.3 is 0 Å². The van der Waals surface area contributed by atoms with Gasteiger partial charge in [0.1, 0.15) is 0 Å². The molecule has 0 amide bonds. The van der Waals surface area contributed by atoms with Crippen molar-refractivity contribution in [3.8, 4) is 0 Å². The van der Waals surface area contributed by atoms with E-state index in [0.29, 0.717) is 0 Å². The Balaban J connectivity index is 4.01. The standard InChI is InChI=1S/C12H25N/c1-6-8-11(3)9-12(4,7-2)10-13-5/h7,11,13H,2,6,8-10H2,1,3-5H3. The Morgan fingerprint density at radius 1 is 1.54 bits per heavy atom. The van der Waals surface area contributed by atoms with Crippen molar-refractivity contribution in [1.29, 1.82) is 0 Å². The zero-order valence-corrected chi connectivity index (χ0v) is 9.69. The van der Waals surface area contributed by atoms with Gasteiger partial charge in [0, 0.05) is 6.54 Å². The summed E-state index contributed by atoms with van der Waals surface area (Å²) in [5.41, 5.74) is 0.267. The number of hydrogen-bond donors (Lipinski definition) is 1. The van der Waals surface area contributed by atoms with E-state index < -0.39 is 0 Å². The van der Waals surface area contributed by atoms with Crippen LogP contribution in [-0.2, 0) is 0 Å². The monoisotopic (exact) mass is 183 g/mol. The zero-order valence-electron chi connectivity index (χ0n) is 9.69. The molecule has 1 N–H and O–H groups in total. The van der Waals surface area contributed by atoms with Crippen molar-refractivity contribution in [2.24, 2.45) is 11.3 Å². The maximum absolute atomic E-state index is 3.92. The molecule has 2 unspecified atom stereocenters. The Morgan fingerprint density at radius 3 is 2.54 bits per heavy atom. The van der Waals surface area contributed by atoms with E-state index in [1.807, 2.05) is 7.05 Å². The van der Waals surface area contributed by atoms with E-state index in [1.54, 1.807) is 0 Å². The maximum Gasteiger partial charge on any atom is 0.00368 e. The Labute approximate surface area is 83.6 Å². The summed E-state index contributed by atoms with van der Waals surface area (Å²) in [6.07, 6.45) is 5.95. The summed E-state index contributed by atoms with van der Waals surface area (Å²) in [4.78, 5) is 0. The molecule has 0 fully saturated rings. The molecular weight excluding hydrogens is 158 g/mol. The van der Waals surface area contributed by atoms with Crippen LogP contribution in [0.5, 0.6) is 0 Å². The third kappa shape index (κ3) is 5.09. The van der Waals surface area contributed by atoms with Crippen LogP contribution in [0.2, 0.25) is 0 Å². The molecule has 0 aromatic carbocycles. The summed E-state index contributed by atoms with van der Waals surface area (Å²) in [6, 6.07) is 0. The number of hydrogen-bond acceptors (Lipinski definition) is 1. The molecule has 0 heterocycles. The number of nitrogens with one attached hydrogen (secondary N) is 1. The summed E-state index contributed by atoms with van der Waals surface area (Å²) in [5, 5.41) is 3.24. The molecular formula is C12H25N. The predicted octanol–water partition coefficient (Wildman–Crippen LogP) is 3.22. The van der Waals surface area contributed by atoms with Crippen LogP contribution in [-0.4, -0.2) is 13.6 Å². The Hall–Kier alpha value is -0.300. The third-order valence-electron chi connectivity index (χ3n) is 2.67. The van der Waals surface area contributed by atoms with E-state index in [2.05, 4.69) is 38.7 Å². The lowest BCUT2D eigenvalue weighted by Gasteiger charge is -2.28. The molecule has 1 nitrogen and oxygen atoms in total. The molecule has 0 saturated carbocycles.